The molecular weight excluding hydrogens is 338 g/mol. The number of hydrogen-bond acceptors (Lipinski definition) is 4. The number of methoxy groups -OCH3 is 2. The molecule has 0 aliphatic carbocycles. The van der Waals surface area contributed by atoms with Crippen molar-refractivity contribution in [3.63, 3.8) is 0 Å². The van der Waals surface area contributed by atoms with Gasteiger partial charge in [0.1, 0.15) is 0 Å². The van der Waals surface area contributed by atoms with E-state index in [1.165, 1.54) is 10.5 Å². The minimum atomic E-state index is -0.302. The summed E-state index contributed by atoms with van der Waals surface area (Å²) in [5, 5.41) is 0. The highest BCUT2D eigenvalue weighted by molar-refractivity contribution is 9.10. The van der Waals surface area contributed by atoms with Gasteiger partial charge in [0.25, 0.3) is 0 Å². The van der Waals surface area contributed by atoms with Gasteiger partial charge in [0.2, 0.25) is 0 Å². The van der Waals surface area contributed by atoms with Crippen LogP contribution in [-0.2, 0) is 15.2 Å². The fraction of sp³-hybridized carbons (Fsp3) is 0.267. The van der Waals surface area contributed by atoms with Crippen molar-refractivity contribution in [2.75, 3.05) is 14.2 Å². The molecule has 1 aromatic heterocycles. The van der Waals surface area contributed by atoms with E-state index in [9.17, 15) is 0 Å². The SMILES string of the molecule is COC(OC)c1ccc(SCc2cncc(Br)c2)cc1. The van der Waals surface area contributed by atoms with Gasteiger partial charge in [-0.25, -0.2) is 0 Å². The van der Waals surface area contributed by atoms with E-state index in [0.29, 0.717) is 0 Å². The number of benzene rings is 1. The summed E-state index contributed by atoms with van der Waals surface area (Å²) in [6, 6.07) is 10.3. The maximum absolute atomic E-state index is 5.23. The van der Waals surface area contributed by atoms with Crippen LogP contribution in [-0.4, -0.2) is 19.2 Å². The van der Waals surface area contributed by atoms with E-state index in [1.54, 1.807) is 32.2 Å². The van der Waals surface area contributed by atoms with E-state index in [0.717, 1.165) is 15.8 Å². The fourth-order valence-corrected chi connectivity index (χ4v) is 3.02. The molecule has 0 N–H and O–H groups in total. The molecule has 0 fully saturated rings. The second-order valence-corrected chi connectivity index (χ2v) is 6.14. The van der Waals surface area contributed by atoms with Gasteiger partial charge in [0, 0.05) is 47.3 Å². The molecule has 20 heavy (non-hydrogen) atoms. The number of aromatic nitrogens is 1. The molecule has 0 amide bonds. The monoisotopic (exact) mass is 353 g/mol. The lowest BCUT2D eigenvalue weighted by molar-refractivity contribution is -0.106. The standard InChI is InChI=1S/C15H16BrNO2S/c1-18-15(19-2)12-3-5-14(6-4-12)20-10-11-7-13(16)9-17-8-11/h3-9,15H,10H2,1-2H3. The Morgan fingerprint density at radius 1 is 1.15 bits per heavy atom. The fourth-order valence-electron chi connectivity index (χ4n) is 1.79. The van der Waals surface area contributed by atoms with Crippen LogP contribution in [0.3, 0.4) is 0 Å². The van der Waals surface area contributed by atoms with E-state index in [-0.39, 0.29) is 6.29 Å². The first-order valence-corrected chi connectivity index (χ1v) is 7.88. The first-order valence-electron chi connectivity index (χ1n) is 6.10. The predicted molar refractivity (Wildman–Crippen MR) is 84.7 cm³/mol. The molecule has 2 rings (SSSR count). The minimum Gasteiger partial charge on any atom is -0.352 e. The highest BCUT2D eigenvalue weighted by Crippen LogP contribution is 2.26. The van der Waals surface area contributed by atoms with Gasteiger partial charge >= 0.3 is 0 Å². The van der Waals surface area contributed by atoms with Crippen LogP contribution in [0.15, 0.2) is 52.1 Å². The van der Waals surface area contributed by atoms with E-state index in [2.05, 4.69) is 39.1 Å². The van der Waals surface area contributed by atoms with E-state index in [1.807, 2.05) is 18.3 Å². The molecule has 0 radical (unpaired) electrons. The number of halogens is 1. The number of ether oxygens (including phenoxy) is 2. The number of nitrogens with zero attached hydrogens (tertiary/aromatic N) is 1. The molecule has 5 heteroatoms. The summed E-state index contributed by atoms with van der Waals surface area (Å²) in [4.78, 5) is 5.37. The van der Waals surface area contributed by atoms with Gasteiger partial charge in [-0.1, -0.05) is 12.1 Å². The number of pyridine rings is 1. The summed E-state index contributed by atoms with van der Waals surface area (Å²) in [6.07, 6.45) is 3.37. The van der Waals surface area contributed by atoms with Crippen LogP contribution < -0.4 is 0 Å². The van der Waals surface area contributed by atoms with Crippen LogP contribution >= 0.6 is 27.7 Å². The molecule has 0 atom stereocenters. The van der Waals surface area contributed by atoms with Gasteiger partial charge in [0.15, 0.2) is 6.29 Å². The molecule has 2 aromatic rings. The van der Waals surface area contributed by atoms with Crippen molar-refractivity contribution in [2.45, 2.75) is 16.9 Å². The lowest BCUT2D eigenvalue weighted by Gasteiger charge is -2.13. The van der Waals surface area contributed by atoms with Crippen LogP contribution in [0.5, 0.6) is 0 Å². The van der Waals surface area contributed by atoms with Crippen molar-refractivity contribution >= 4 is 27.7 Å². The normalized spacial score (nSPS) is 11.0. The van der Waals surface area contributed by atoms with Crippen molar-refractivity contribution in [1.29, 1.82) is 0 Å². The van der Waals surface area contributed by atoms with Crippen LogP contribution in [0.4, 0.5) is 0 Å². The van der Waals surface area contributed by atoms with Crippen LogP contribution in [0.1, 0.15) is 17.4 Å². The molecule has 0 saturated heterocycles. The number of thioether (sulfide) groups is 1. The Labute approximate surface area is 131 Å². The van der Waals surface area contributed by atoms with E-state index < -0.39 is 0 Å². The van der Waals surface area contributed by atoms with E-state index >= 15 is 0 Å². The first kappa shape index (κ1) is 15.5. The lowest BCUT2D eigenvalue weighted by Crippen LogP contribution is -2.02. The van der Waals surface area contributed by atoms with Gasteiger partial charge in [0.05, 0.1) is 0 Å². The molecule has 0 aliphatic rings. The van der Waals surface area contributed by atoms with Crippen LogP contribution in [0.2, 0.25) is 0 Å². The summed E-state index contributed by atoms with van der Waals surface area (Å²) >= 11 is 5.21. The quantitative estimate of drug-likeness (QED) is 0.567. The molecule has 0 unspecified atom stereocenters. The molecule has 1 heterocycles. The average molecular weight is 354 g/mol. The zero-order valence-corrected chi connectivity index (χ0v) is 13.8. The topological polar surface area (TPSA) is 31.4 Å². The van der Waals surface area contributed by atoms with E-state index in [4.69, 9.17) is 9.47 Å². The van der Waals surface area contributed by atoms with Gasteiger partial charge in [-0.15, -0.1) is 11.8 Å². The van der Waals surface area contributed by atoms with Crippen molar-refractivity contribution < 1.29 is 9.47 Å². The Morgan fingerprint density at radius 2 is 1.85 bits per heavy atom. The zero-order chi connectivity index (χ0) is 14.4. The number of rotatable bonds is 6. The Morgan fingerprint density at radius 3 is 2.45 bits per heavy atom. The van der Waals surface area contributed by atoms with Crippen molar-refractivity contribution in [3.8, 4) is 0 Å². The molecule has 0 aliphatic heterocycles. The average Bonchev–Trinajstić information content (AvgIpc) is 2.48. The molecule has 0 saturated carbocycles. The van der Waals surface area contributed by atoms with Gasteiger partial charge in [-0.3, -0.25) is 4.98 Å². The molecule has 0 spiro atoms. The largest absolute Gasteiger partial charge is 0.352 e. The summed E-state index contributed by atoms with van der Waals surface area (Å²) in [6.45, 7) is 0. The highest BCUT2D eigenvalue weighted by atomic mass is 79.9. The Bertz CT molecular complexity index is 544. The third kappa shape index (κ3) is 4.31. The maximum atomic E-state index is 5.23. The van der Waals surface area contributed by atoms with Gasteiger partial charge < -0.3 is 9.47 Å². The van der Waals surface area contributed by atoms with Gasteiger partial charge in [-0.2, -0.15) is 0 Å². The van der Waals surface area contributed by atoms with Crippen molar-refractivity contribution in [3.05, 3.63) is 58.3 Å². The van der Waals surface area contributed by atoms with Crippen molar-refractivity contribution in [2.24, 2.45) is 0 Å². The second kappa shape index (κ2) is 7.78. The van der Waals surface area contributed by atoms with Crippen molar-refractivity contribution in [1.82, 2.24) is 4.98 Å². The zero-order valence-electron chi connectivity index (χ0n) is 11.4. The lowest BCUT2D eigenvalue weighted by atomic mass is 10.2. The van der Waals surface area contributed by atoms with Gasteiger partial charge in [-0.05, 0) is 39.7 Å². The minimum absolute atomic E-state index is 0.302. The highest BCUT2D eigenvalue weighted by Gasteiger charge is 2.08. The third-order valence-corrected chi connectivity index (χ3v) is 4.26. The third-order valence-electron chi connectivity index (χ3n) is 2.75. The molecule has 1 aromatic carbocycles. The summed E-state index contributed by atoms with van der Waals surface area (Å²) < 4.78 is 11.5. The van der Waals surface area contributed by atoms with Crippen LogP contribution in [0, 0.1) is 0 Å². The molecule has 3 nitrogen and oxygen atoms in total. The van der Waals surface area contributed by atoms with Crippen LogP contribution in [0.25, 0.3) is 0 Å². The Hall–Kier alpha value is -0.880. The smallest absolute Gasteiger partial charge is 0.183 e. The second-order valence-electron chi connectivity index (χ2n) is 4.17. The summed E-state index contributed by atoms with van der Waals surface area (Å²) in [5.74, 6) is 0.893. The first-order chi connectivity index (χ1) is 9.72. The Balaban J connectivity index is 1.97. The molecular formula is C15H16BrNO2S. The molecule has 0 bridgehead atoms. The predicted octanol–water partition coefficient (Wildman–Crippen LogP) is 4.43. The Kier molecular flexibility index (Phi) is 6.04. The maximum Gasteiger partial charge on any atom is 0.183 e. The summed E-state index contributed by atoms with van der Waals surface area (Å²) in [5.41, 5.74) is 2.21. The summed E-state index contributed by atoms with van der Waals surface area (Å²) in [7, 11) is 3.27. The molecule has 106 valence electrons. The number of hydrogen-bond donors (Lipinski definition) is 0.